The molecule has 0 aliphatic heterocycles. The minimum absolute atomic E-state index is 0.0775. The van der Waals surface area contributed by atoms with Crippen molar-refractivity contribution in [1.29, 1.82) is 0 Å². The monoisotopic (exact) mass is 113 g/mol. The first kappa shape index (κ1) is 7.67. The summed E-state index contributed by atoms with van der Waals surface area (Å²) >= 11 is 0. The Bertz CT molecular complexity index is 87.1. The third kappa shape index (κ3) is 5.67. The minimum atomic E-state index is -0.0775. The smallest absolute Gasteiger partial charge is 0.130 e. The third-order valence-electron chi connectivity index (χ3n) is 0.727. The van der Waals surface area contributed by atoms with E-state index in [0.29, 0.717) is 6.42 Å². The van der Waals surface area contributed by atoms with Gasteiger partial charge in [-0.15, -0.1) is 0 Å². The second-order valence-corrected chi connectivity index (χ2v) is 3.04. The lowest BCUT2D eigenvalue weighted by molar-refractivity contribution is -0.118. The summed E-state index contributed by atoms with van der Waals surface area (Å²) in [6.07, 6.45) is 0.576. The molecule has 1 radical (unpaired) electrons. The van der Waals surface area contributed by atoms with Gasteiger partial charge in [0.1, 0.15) is 5.78 Å². The van der Waals surface area contributed by atoms with Crippen LogP contribution >= 0.6 is 0 Å². The fourth-order valence-corrected chi connectivity index (χ4v) is 0.674. The molecule has 0 aliphatic carbocycles. The summed E-state index contributed by atoms with van der Waals surface area (Å²) in [5, 5.41) is 0. The number of rotatable bonds is 2. The van der Waals surface area contributed by atoms with Crippen molar-refractivity contribution in [3.8, 4) is 0 Å². The van der Waals surface area contributed by atoms with Gasteiger partial charge < -0.3 is 4.79 Å². The Balaban J connectivity index is 3.55. The van der Waals surface area contributed by atoms with Crippen LogP contribution in [-0.4, -0.2) is 5.78 Å². The summed E-state index contributed by atoms with van der Waals surface area (Å²) in [6, 6.07) is 0. The molecule has 1 nitrogen and oxygen atoms in total. The van der Waals surface area contributed by atoms with Crippen LogP contribution in [0, 0.1) is 12.3 Å². The van der Waals surface area contributed by atoms with Crippen molar-refractivity contribution >= 4 is 5.78 Å². The molecule has 0 aromatic carbocycles. The highest BCUT2D eigenvalue weighted by Crippen LogP contribution is 2.17. The molecule has 0 amide bonds. The van der Waals surface area contributed by atoms with Gasteiger partial charge in [0, 0.05) is 6.42 Å². The standard InChI is InChI=1S/C7H13O/c1-6(8)5-7(2,3)4/h2,5H2,1,3-4H3. The van der Waals surface area contributed by atoms with Crippen LogP contribution in [-0.2, 0) is 4.79 Å². The SMILES string of the molecule is [CH2]C(C)(C)CC(C)=O. The van der Waals surface area contributed by atoms with Gasteiger partial charge in [0.05, 0.1) is 0 Å². The molecule has 0 heterocycles. The van der Waals surface area contributed by atoms with Crippen LogP contribution in [0.3, 0.4) is 0 Å². The summed E-state index contributed by atoms with van der Waals surface area (Å²) in [5.41, 5.74) is -0.0775. The average molecular weight is 113 g/mol. The van der Waals surface area contributed by atoms with Crippen LogP contribution in [0.2, 0.25) is 0 Å². The highest BCUT2D eigenvalue weighted by molar-refractivity contribution is 5.76. The van der Waals surface area contributed by atoms with Gasteiger partial charge in [-0.2, -0.15) is 0 Å². The van der Waals surface area contributed by atoms with E-state index >= 15 is 0 Å². The Hall–Kier alpha value is -0.330. The van der Waals surface area contributed by atoms with E-state index in [1.807, 2.05) is 13.8 Å². The first-order valence-electron chi connectivity index (χ1n) is 2.76. The van der Waals surface area contributed by atoms with Crippen LogP contribution in [0.1, 0.15) is 27.2 Å². The molecule has 0 N–H and O–H groups in total. The van der Waals surface area contributed by atoms with Crippen molar-refractivity contribution < 1.29 is 4.79 Å². The normalized spacial score (nSPS) is 11.5. The zero-order valence-corrected chi connectivity index (χ0v) is 5.82. The first-order valence-corrected chi connectivity index (χ1v) is 2.76. The molecule has 0 unspecified atom stereocenters. The summed E-state index contributed by atoms with van der Waals surface area (Å²) < 4.78 is 0. The van der Waals surface area contributed by atoms with Crippen molar-refractivity contribution in [2.24, 2.45) is 5.41 Å². The Labute approximate surface area is 51.1 Å². The molecule has 0 spiro atoms. The van der Waals surface area contributed by atoms with E-state index in [1.54, 1.807) is 6.92 Å². The van der Waals surface area contributed by atoms with Crippen LogP contribution < -0.4 is 0 Å². The maximum absolute atomic E-state index is 10.4. The maximum atomic E-state index is 10.4. The zero-order valence-electron chi connectivity index (χ0n) is 5.82. The van der Waals surface area contributed by atoms with E-state index in [9.17, 15) is 4.79 Å². The van der Waals surface area contributed by atoms with Gasteiger partial charge in [-0.05, 0) is 19.3 Å². The molecule has 47 valence electrons. The van der Waals surface area contributed by atoms with E-state index in [0.717, 1.165) is 0 Å². The molecule has 0 saturated heterocycles. The van der Waals surface area contributed by atoms with E-state index in [1.165, 1.54) is 0 Å². The van der Waals surface area contributed by atoms with Crippen LogP contribution in [0.15, 0.2) is 0 Å². The van der Waals surface area contributed by atoms with Crippen molar-refractivity contribution in [3.63, 3.8) is 0 Å². The molecular weight excluding hydrogens is 100 g/mol. The van der Waals surface area contributed by atoms with Crippen molar-refractivity contribution in [2.75, 3.05) is 0 Å². The number of ketones is 1. The molecular formula is C7H13O. The Morgan fingerprint density at radius 3 is 2.00 bits per heavy atom. The van der Waals surface area contributed by atoms with Crippen LogP contribution in [0.5, 0.6) is 0 Å². The lowest BCUT2D eigenvalue weighted by atomic mass is 9.91. The first-order chi connectivity index (χ1) is 3.42. The second kappa shape index (κ2) is 2.29. The molecule has 0 bridgehead atoms. The predicted molar refractivity (Wildman–Crippen MR) is 34.4 cm³/mol. The molecule has 0 saturated carbocycles. The lowest BCUT2D eigenvalue weighted by Crippen LogP contribution is -2.09. The number of hydrogen-bond acceptors (Lipinski definition) is 1. The van der Waals surface area contributed by atoms with E-state index in [2.05, 4.69) is 6.92 Å². The van der Waals surface area contributed by atoms with Gasteiger partial charge in [0.2, 0.25) is 0 Å². The quantitative estimate of drug-likeness (QED) is 0.534. The Kier molecular flexibility index (Phi) is 2.20. The van der Waals surface area contributed by atoms with Crippen LogP contribution in [0.4, 0.5) is 0 Å². The van der Waals surface area contributed by atoms with Gasteiger partial charge in [0.15, 0.2) is 0 Å². The predicted octanol–water partition coefficient (Wildman–Crippen LogP) is 1.83. The summed E-state index contributed by atoms with van der Waals surface area (Å²) in [6.45, 7) is 9.29. The number of Topliss-reactive ketones (excluding diaryl/α,β-unsaturated/α-hetero) is 1. The molecule has 0 aliphatic rings. The number of carbonyl (C=O) groups is 1. The number of hydrogen-bond donors (Lipinski definition) is 0. The van der Waals surface area contributed by atoms with Crippen LogP contribution in [0.25, 0.3) is 0 Å². The lowest BCUT2D eigenvalue weighted by Gasteiger charge is -2.14. The van der Waals surface area contributed by atoms with Gasteiger partial charge in [-0.1, -0.05) is 13.8 Å². The Morgan fingerprint density at radius 1 is 1.62 bits per heavy atom. The summed E-state index contributed by atoms with van der Waals surface area (Å²) in [7, 11) is 0. The maximum Gasteiger partial charge on any atom is 0.130 e. The summed E-state index contributed by atoms with van der Waals surface area (Å²) in [5.74, 6) is 0.213. The van der Waals surface area contributed by atoms with Gasteiger partial charge >= 0.3 is 0 Å². The van der Waals surface area contributed by atoms with Crippen molar-refractivity contribution in [1.82, 2.24) is 0 Å². The molecule has 0 fully saturated rings. The largest absolute Gasteiger partial charge is 0.300 e. The molecule has 0 aromatic heterocycles. The molecule has 0 rings (SSSR count). The van der Waals surface area contributed by atoms with E-state index < -0.39 is 0 Å². The molecule has 8 heavy (non-hydrogen) atoms. The molecule has 1 heteroatoms. The fourth-order valence-electron chi connectivity index (χ4n) is 0.674. The highest BCUT2D eigenvalue weighted by atomic mass is 16.1. The zero-order chi connectivity index (χ0) is 6.78. The topological polar surface area (TPSA) is 17.1 Å². The number of carbonyl (C=O) groups excluding carboxylic acids is 1. The second-order valence-electron chi connectivity index (χ2n) is 3.04. The van der Waals surface area contributed by atoms with Gasteiger partial charge in [0.25, 0.3) is 0 Å². The highest BCUT2D eigenvalue weighted by Gasteiger charge is 2.11. The van der Waals surface area contributed by atoms with E-state index in [-0.39, 0.29) is 11.2 Å². The van der Waals surface area contributed by atoms with Gasteiger partial charge in [-0.25, -0.2) is 0 Å². The molecule has 0 aromatic rings. The van der Waals surface area contributed by atoms with Gasteiger partial charge in [-0.3, -0.25) is 0 Å². The van der Waals surface area contributed by atoms with Crippen molar-refractivity contribution in [2.45, 2.75) is 27.2 Å². The minimum Gasteiger partial charge on any atom is -0.300 e. The Morgan fingerprint density at radius 2 is 2.00 bits per heavy atom. The van der Waals surface area contributed by atoms with Crippen molar-refractivity contribution in [3.05, 3.63) is 6.92 Å². The fraction of sp³-hybridized carbons (Fsp3) is 0.714. The third-order valence-corrected chi connectivity index (χ3v) is 0.727. The molecule has 0 atom stereocenters. The average Bonchev–Trinajstić information content (AvgIpc) is 1.21. The summed E-state index contributed by atoms with van der Waals surface area (Å²) in [4.78, 5) is 10.4. The van der Waals surface area contributed by atoms with E-state index in [4.69, 9.17) is 0 Å².